The van der Waals surface area contributed by atoms with E-state index in [0.29, 0.717) is 17.4 Å². The number of ether oxygens (including phenoxy) is 2. The molecule has 0 aliphatic carbocycles. The van der Waals surface area contributed by atoms with Gasteiger partial charge in [0.2, 0.25) is 0 Å². The number of hydrogen-bond acceptors (Lipinski definition) is 8. The van der Waals surface area contributed by atoms with Crippen molar-refractivity contribution in [2.75, 3.05) is 47.5 Å². The van der Waals surface area contributed by atoms with Gasteiger partial charge in [0.05, 0.1) is 27.7 Å². The lowest BCUT2D eigenvalue weighted by molar-refractivity contribution is -0.870. The topological polar surface area (TPSA) is 111 Å². The van der Waals surface area contributed by atoms with Crippen LogP contribution in [0.1, 0.15) is 264 Å². The molecule has 0 rings (SSSR count). The van der Waals surface area contributed by atoms with Crippen LogP contribution in [0.25, 0.3) is 0 Å². The van der Waals surface area contributed by atoms with Crippen molar-refractivity contribution in [3.8, 4) is 0 Å². The second-order valence-corrected chi connectivity index (χ2v) is 22.4. The average molecular weight is 1020 g/mol. The summed E-state index contributed by atoms with van der Waals surface area (Å²) in [4.78, 5) is 37.8. The van der Waals surface area contributed by atoms with E-state index in [0.717, 1.165) is 70.6 Å². The van der Waals surface area contributed by atoms with E-state index in [1.807, 2.05) is 21.1 Å². The molecule has 0 radical (unpaired) electrons. The van der Waals surface area contributed by atoms with Gasteiger partial charge in [-0.15, -0.1) is 0 Å². The molecule has 0 aliphatic heterocycles. The van der Waals surface area contributed by atoms with E-state index in [1.165, 1.54) is 161 Å². The number of unbranched alkanes of at least 4 members (excludes halogenated alkanes) is 30. The van der Waals surface area contributed by atoms with Crippen molar-refractivity contribution in [1.82, 2.24) is 0 Å². The molecule has 2 unspecified atom stereocenters. The third-order valence-corrected chi connectivity index (χ3v) is 13.8. The molecule has 0 heterocycles. The maximum Gasteiger partial charge on any atom is 0.306 e. The first kappa shape index (κ1) is 68.7. The summed E-state index contributed by atoms with van der Waals surface area (Å²) in [6.07, 6.45) is 67.0. The number of carbonyl (C=O) groups excluding carboxylic acids is 2. The number of quaternary nitrogens is 1. The first-order valence-electron chi connectivity index (χ1n) is 29.5. The fourth-order valence-corrected chi connectivity index (χ4v) is 9.00. The van der Waals surface area contributed by atoms with Gasteiger partial charge < -0.3 is 27.9 Å². The molecule has 71 heavy (non-hydrogen) atoms. The highest BCUT2D eigenvalue weighted by Crippen LogP contribution is 2.38. The Morgan fingerprint density at radius 3 is 1.20 bits per heavy atom. The van der Waals surface area contributed by atoms with Gasteiger partial charge in [-0.3, -0.25) is 14.2 Å². The quantitative estimate of drug-likeness (QED) is 0.0195. The predicted molar refractivity (Wildman–Crippen MR) is 300 cm³/mol. The average Bonchev–Trinajstić information content (AvgIpc) is 3.33. The summed E-state index contributed by atoms with van der Waals surface area (Å²) >= 11 is 0. The molecule has 10 heteroatoms. The van der Waals surface area contributed by atoms with Crippen molar-refractivity contribution in [1.29, 1.82) is 0 Å². The largest absolute Gasteiger partial charge is 0.756 e. The number of allylic oxidation sites excluding steroid dienone is 10. The molecule has 0 fully saturated rings. The highest BCUT2D eigenvalue weighted by Gasteiger charge is 2.22. The summed E-state index contributed by atoms with van der Waals surface area (Å²) in [6, 6.07) is 0. The fourth-order valence-electron chi connectivity index (χ4n) is 8.27. The molecule has 9 nitrogen and oxygen atoms in total. The third-order valence-electron chi connectivity index (χ3n) is 12.8. The van der Waals surface area contributed by atoms with Crippen LogP contribution >= 0.6 is 7.82 Å². The van der Waals surface area contributed by atoms with Gasteiger partial charge in [-0.05, 0) is 57.8 Å². The Hall–Kier alpha value is -2.29. The van der Waals surface area contributed by atoms with Gasteiger partial charge in [0.1, 0.15) is 19.8 Å². The highest BCUT2D eigenvalue weighted by molar-refractivity contribution is 7.45. The maximum atomic E-state index is 12.8. The molecule has 0 aromatic rings. The van der Waals surface area contributed by atoms with Gasteiger partial charge in [-0.25, -0.2) is 0 Å². The van der Waals surface area contributed by atoms with Crippen LogP contribution in [-0.2, 0) is 32.7 Å². The van der Waals surface area contributed by atoms with Crippen molar-refractivity contribution in [3.63, 3.8) is 0 Å². The molecule has 0 spiro atoms. The Morgan fingerprint density at radius 2 is 0.803 bits per heavy atom. The van der Waals surface area contributed by atoms with E-state index < -0.39 is 26.5 Å². The molecule has 0 aromatic heterocycles. The Kier molecular flexibility index (Phi) is 50.9. The first-order valence-corrected chi connectivity index (χ1v) is 31.0. The van der Waals surface area contributed by atoms with Gasteiger partial charge >= 0.3 is 11.9 Å². The van der Waals surface area contributed by atoms with Gasteiger partial charge in [-0.2, -0.15) is 0 Å². The van der Waals surface area contributed by atoms with Crippen LogP contribution in [0.15, 0.2) is 60.8 Å². The van der Waals surface area contributed by atoms with Crippen LogP contribution in [-0.4, -0.2) is 70.0 Å². The van der Waals surface area contributed by atoms with Crippen LogP contribution in [0.4, 0.5) is 0 Å². The molecule has 414 valence electrons. The van der Waals surface area contributed by atoms with Gasteiger partial charge in [0, 0.05) is 12.8 Å². The van der Waals surface area contributed by atoms with E-state index in [9.17, 15) is 19.0 Å². The summed E-state index contributed by atoms with van der Waals surface area (Å²) in [5.41, 5.74) is 0. The molecule has 0 aromatic carbocycles. The fraction of sp³-hybridized carbons (Fsp3) is 0.803. The Balaban J connectivity index is 4.08. The summed E-state index contributed by atoms with van der Waals surface area (Å²) in [7, 11) is 1.17. The third kappa shape index (κ3) is 56.9. The molecule has 0 aliphatic rings. The van der Waals surface area contributed by atoms with E-state index in [2.05, 4.69) is 74.6 Å². The minimum absolute atomic E-state index is 0.0301. The number of phosphoric acid groups is 1. The normalized spacial score (nSPS) is 13.7. The first-order chi connectivity index (χ1) is 34.5. The van der Waals surface area contributed by atoms with Gasteiger partial charge in [0.25, 0.3) is 7.82 Å². The zero-order valence-corrected chi connectivity index (χ0v) is 47.8. The van der Waals surface area contributed by atoms with E-state index >= 15 is 0 Å². The minimum Gasteiger partial charge on any atom is -0.756 e. The molecule has 0 amide bonds. The maximum absolute atomic E-state index is 12.8. The number of carbonyl (C=O) groups is 2. The van der Waals surface area contributed by atoms with Crippen molar-refractivity contribution >= 4 is 19.8 Å². The molecular weight excluding hydrogens is 906 g/mol. The molecular formula is C61H112NO8P. The minimum atomic E-state index is -4.63. The Morgan fingerprint density at radius 1 is 0.451 bits per heavy atom. The van der Waals surface area contributed by atoms with Crippen molar-refractivity contribution in [3.05, 3.63) is 60.8 Å². The Bertz CT molecular complexity index is 1380. The second-order valence-electron chi connectivity index (χ2n) is 21.0. The van der Waals surface area contributed by atoms with Gasteiger partial charge in [0.15, 0.2) is 6.10 Å². The van der Waals surface area contributed by atoms with Crippen LogP contribution in [0.2, 0.25) is 0 Å². The zero-order valence-electron chi connectivity index (χ0n) is 46.9. The lowest BCUT2D eigenvalue weighted by Crippen LogP contribution is -2.37. The number of likely N-dealkylation sites (N-methyl/N-ethyl adjacent to an activating group) is 1. The summed E-state index contributed by atoms with van der Waals surface area (Å²) in [5.74, 6) is -0.823. The molecule has 2 atom stereocenters. The lowest BCUT2D eigenvalue weighted by atomic mass is 10.0. The number of rotatable bonds is 54. The SMILES string of the molecule is CC/C=C\C/C=C\C/C=C\C/C=C\C/C=C\CCCCCCCCCCCCCCCCCC(=O)OC(COC(=O)CCCCCCCCCCCCCCCCCC)COP(=O)([O-])OCC[N+](C)(C)C. The monoisotopic (exact) mass is 1020 g/mol. The highest BCUT2D eigenvalue weighted by atomic mass is 31.2. The van der Waals surface area contributed by atoms with Gasteiger partial charge in [-0.1, -0.05) is 254 Å². The number of phosphoric ester groups is 1. The Labute approximate surface area is 438 Å². The molecule has 0 N–H and O–H groups in total. The molecule has 0 bridgehead atoms. The second kappa shape index (κ2) is 52.6. The zero-order chi connectivity index (χ0) is 52.0. The predicted octanol–water partition coefficient (Wildman–Crippen LogP) is 17.7. The van der Waals surface area contributed by atoms with Crippen molar-refractivity contribution in [2.45, 2.75) is 270 Å². The molecule has 0 saturated carbocycles. The number of hydrogen-bond donors (Lipinski definition) is 0. The van der Waals surface area contributed by atoms with E-state index in [1.54, 1.807) is 0 Å². The lowest BCUT2D eigenvalue weighted by Gasteiger charge is -2.28. The summed E-state index contributed by atoms with van der Waals surface area (Å²) in [6.45, 7) is 4.16. The summed E-state index contributed by atoms with van der Waals surface area (Å²) in [5, 5.41) is 0. The van der Waals surface area contributed by atoms with E-state index in [-0.39, 0.29) is 32.0 Å². The smallest absolute Gasteiger partial charge is 0.306 e. The van der Waals surface area contributed by atoms with Crippen LogP contribution < -0.4 is 4.89 Å². The number of nitrogens with zero attached hydrogens (tertiary/aromatic N) is 1. The van der Waals surface area contributed by atoms with Crippen LogP contribution in [0.3, 0.4) is 0 Å². The van der Waals surface area contributed by atoms with Crippen molar-refractivity contribution < 1.29 is 42.1 Å². The summed E-state index contributed by atoms with van der Waals surface area (Å²) < 4.78 is 34.2. The number of esters is 2. The standard InChI is InChI=1S/C61H112NO8P/c1-6-8-10-12-14-16-18-20-22-24-25-26-27-28-29-30-31-32-33-34-35-36-37-38-40-42-44-46-48-50-52-54-61(64)70-59(58-69-71(65,66)68-56-55-62(3,4)5)57-67-60(63)53-51-49-47-45-43-41-39-23-21-19-17-15-13-11-9-7-2/h8,10,14,16,20,22,25-26,28-29,59H,6-7,9,11-13,15,17-19,21,23-24,27,30-58H2,1-5H3/b10-8-,16-14-,22-20-,26-25-,29-28-. The van der Waals surface area contributed by atoms with Crippen LogP contribution in [0.5, 0.6) is 0 Å². The molecule has 0 saturated heterocycles. The van der Waals surface area contributed by atoms with E-state index in [4.69, 9.17) is 18.5 Å². The van der Waals surface area contributed by atoms with Crippen molar-refractivity contribution in [2.24, 2.45) is 0 Å². The van der Waals surface area contributed by atoms with Crippen LogP contribution in [0, 0.1) is 0 Å².